The van der Waals surface area contributed by atoms with Crippen LogP contribution in [0.1, 0.15) is 13.8 Å². The number of hydrogen-bond acceptors (Lipinski definition) is 4. The molecule has 0 fully saturated rings. The van der Waals surface area contributed by atoms with Crippen LogP contribution in [-0.2, 0) is 4.79 Å². The Morgan fingerprint density at radius 3 is 2.94 bits per heavy atom. The number of hydrogen-bond donors (Lipinski definition) is 3. The second-order valence-electron chi connectivity index (χ2n) is 4.31. The molecule has 0 aliphatic carbocycles. The van der Waals surface area contributed by atoms with Crippen LogP contribution in [0, 0.1) is 0 Å². The van der Waals surface area contributed by atoms with Gasteiger partial charge in [0, 0.05) is 11.7 Å². The van der Waals surface area contributed by atoms with E-state index in [4.69, 9.17) is 4.42 Å². The van der Waals surface area contributed by atoms with Crippen LogP contribution >= 0.6 is 0 Å². The molecule has 2 rings (SSSR count). The number of amides is 1. The number of aromatic nitrogens is 1. The standard InChI is InChI=1S/C12H15N3O3/c1-7(2)13-6-11(16)14-8-3-4-10-9(5-8)15-12(17)18-10/h3-5,7,13H,6H2,1-2H3,(H,14,16)(H,15,17). The molecule has 1 heterocycles. The fourth-order valence-corrected chi connectivity index (χ4v) is 1.53. The van der Waals surface area contributed by atoms with E-state index in [1.807, 2.05) is 13.8 Å². The predicted octanol–water partition coefficient (Wildman–Crippen LogP) is 1.06. The summed E-state index contributed by atoms with van der Waals surface area (Å²) in [6, 6.07) is 5.24. The van der Waals surface area contributed by atoms with Crippen molar-refractivity contribution in [3.63, 3.8) is 0 Å². The summed E-state index contributed by atoms with van der Waals surface area (Å²) in [6.45, 7) is 4.18. The second kappa shape index (κ2) is 5.05. The number of benzene rings is 1. The number of oxazole rings is 1. The Morgan fingerprint density at radius 2 is 2.22 bits per heavy atom. The van der Waals surface area contributed by atoms with Gasteiger partial charge in [-0.1, -0.05) is 13.8 Å². The largest absolute Gasteiger partial charge is 0.417 e. The molecule has 6 heteroatoms. The van der Waals surface area contributed by atoms with Gasteiger partial charge in [-0.3, -0.25) is 9.78 Å². The smallest absolute Gasteiger partial charge is 0.408 e. The molecule has 2 aromatic rings. The normalized spacial score (nSPS) is 11.1. The Bertz CT molecular complexity index is 612. The molecule has 1 amide bonds. The quantitative estimate of drug-likeness (QED) is 0.756. The zero-order valence-electron chi connectivity index (χ0n) is 10.2. The van der Waals surface area contributed by atoms with Gasteiger partial charge >= 0.3 is 5.76 Å². The first kappa shape index (κ1) is 12.4. The monoisotopic (exact) mass is 249 g/mol. The molecule has 0 saturated heterocycles. The molecule has 3 N–H and O–H groups in total. The SMILES string of the molecule is CC(C)NCC(=O)Nc1ccc2oc(=O)[nH]c2c1. The average molecular weight is 249 g/mol. The van der Waals surface area contributed by atoms with Crippen LogP contribution < -0.4 is 16.4 Å². The van der Waals surface area contributed by atoms with Gasteiger partial charge in [-0.25, -0.2) is 4.79 Å². The number of carbonyl (C=O) groups is 1. The number of nitrogens with one attached hydrogen (secondary N) is 3. The van der Waals surface area contributed by atoms with Crippen LogP contribution in [0.3, 0.4) is 0 Å². The lowest BCUT2D eigenvalue weighted by molar-refractivity contribution is -0.115. The maximum absolute atomic E-state index is 11.6. The topological polar surface area (TPSA) is 87.1 Å². The maximum Gasteiger partial charge on any atom is 0.417 e. The van der Waals surface area contributed by atoms with Crippen LogP contribution in [0.25, 0.3) is 11.1 Å². The third-order valence-electron chi connectivity index (χ3n) is 2.37. The van der Waals surface area contributed by atoms with Crippen molar-refractivity contribution in [3.8, 4) is 0 Å². The van der Waals surface area contributed by atoms with Gasteiger partial charge in [-0.2, -0.15) is 0 Å². The molecule has 1 aromatic heterocycles. The van der Waals surface area contributed by atoms with E-state index in [0.29, 0.717) is 16.8 Å². The molecule has 0 aliphatic heterocycles. The number of aromatic amines is 1. The summed E-state index contributed by atoms with van der Waals surface area (Å²) >= 11 is 0. The van der Waals surface area contributed by atoms with Crippen LogP contribution in [0.5, 0.6) is 0 Å². The Kier molecular flexibility index (Phi) is 3.47. The third kappa shape index (κ3) is 2.98. The van der Waals surface area contributed by atoms with E-state index in [2.05, 4.69) is 15.6 Å². The van der Waals surface area contributed by atoms with Crippen LogP contribution in [0.15, 0.2) is 27.4 Å². The van der Waals surface area contributed by atoms with Crippen LogP contribution in [-0.4, -0.2) is 23.5 Å². The first-order valence-electron chi connectivity index (χ1n) is 5.71. The molecular formula is C12H15N3O3. The Morgan fingerprint density at radius 1 is 1.44 bits per heavy atom. The van der Waals surface area contributed by atoms with Crippen molar-refractivity contribution < 1.29 is 9.21 Å². The van der Waals surface area contributed by atoms with E-state index < -0.39 is 5.76 Å². The molecule has 1 aromatic carbocycles. The van der Waals surface area contributed by atoms with E-state index in [1.165, 1.54) is 0 Å². The van der Waals surface area contributed by atoms with Gasteiger partial charge in [0.2, 0.25) is 5.91 Å². The average Bonchev–Trinajstić information content (AvgIpc) is 2.66. The first-order chi connectivity index (χ1) is 8.54. The molecule has 6 nitrogen and oxygen atoms in total. The molecule has 0 bridgehead atoms. The molecule has 0 saturated carbocycles. The van der Waals surface area contributed by atoms with Gasteiger partial charge in [0.05, 0.1) is 12.1 Å². The lowest BCUT2D eigenvalue weighted by atomic mass is 10.3. The highest BCUT2D eigenvalue weighted by molar-refractivity contribution is 5.94. The van der Waals surface area contributed by atoms with E-state index in [-0.39, 0.29) is 18.5 Å². The molecule has 0 unspecified atom stereocenters. The van der Waals surface area contributed by atoms with E-state index in [1.54, 1.807) is 18.2 Å². The number of carbonyl (C=O) groups excluding carboxylic acids is 1. The predicted molar refractivity (Wildman–Crippen MR) is 68.6 cm³/mol. The lowest BCUT2D eigenvalue weighted by Crippen LogP contribution is -2.32. The number of rotatable bonds is 4. The minimum absolute atomic E-state index is 0.131. The number of anilines is 1. The summed E-state index contributed by atoms with van der Waals surface area (Å²) in [5.41, 5.74) is 1.66. The fraction of sp³-hybridized carbons (Fsp3) is 0.333. The van der Waals surface area contributed by atoms with E-state index in [0.717, 1.165) is 0 Å². The highest BCUT2D eigenvalue weighted by atomic mass is 16.4. The molecule has 0 aliphatic rings. The van der Waals surface area contributed by atoms with Crippen molar-refractivity contribution in [3.05, 3.63) is 28.7 Å². The van der Waals surface area contributed by atoms with E-state index >= 15 is 0 Å². The summed E-state index contributed by atoms with van der Waals surface area (Å²) < 4.78 is 4.87. The zero-order chi connectivity index (χ0) is 13.1. The molecule has 0 atom stereocenters. The summed E-state index contributed by atoms with van der Waals surface area (Å²) in [5.74, 6) is -0.635. The summed E-state index contributed by atoms with van der Waals surface area (Å²) in [7, 11) is 0. The zero-order valence-corrected chi connectivity index (χ0v) is 10.2. The minimum atomic E-state index is -0.505. The van der Waals surface area contributed by atoms with Crippen LogP contribution in [0.2, 0.25) is 0 Å². The van der Waals surface area contributed by atoms with Crippen LogP contribution in [0.4, 0.5) is 5.69 Å². The van der Waals surface area contributed by atoms with Gasteiger partial charge in [-0.05, 0) is 18.2 Å². The highest BCUT2D eigenvalue weighted by Gasteiger charge is 2.05. The van der Waals surface area contributed by atoms with Crippen molar-refractivity contribution in [2.45, 2.75) is 19.9 Å². The molecule has 0 spiro atoms. The molecule has 18 heavy (non-hydrogen) atoms. The highest BCUT2D eigenvalue weighted by Crippen LogP contribution is 2.15. The van der Waals surface area contributed by atoms with Gasteiger partial charge in [-0.15, -0.1) is 0 Å². The Balaban J connectivity index is 2.07. The van der Waals surface area contributed by atoms with Crippen molar-refractivity contribution in [2.24, 2.45) is 0 Å². The van der Waals surface area contributed by atoms with Crippen molar-refractivity contribution in [1.29, 1.82) is 0 Å². The summed E-state index contributed by atoms with van der Waals surface area (Å²) in [5, 5.41) is 5.75. The molecule has 0 radical (unpaired) electrons. The van der Waals surface area contributed by atoms with Gasteiger partial charge < -0.3 is 15.1 Å². The van der Waals surface area contributed by atoms with Gasteiger partial charge in [0.1, 0.15) is 0 Å². The second-order valence-corrected chi connectivity index (χ2v) is 4.31. The summed E-state index contributed by atoms with van der Waals surface area (Å²) in [6.07, 6.45) is 0. The molecular weight excluding hydrogens is 234 g/mol. The maximum atomic E-state index is 11.6. The lowest BCUT2D eigenvalue weighted by Gasteiger charge is -2.08. The van der Waals surface area contributed by atoms with Crippen molar-refractivity contribution in [1.82, 2.24) is 10.3 Å². The third-order valence-corrected chi connectivity index (χ3v) is 2.37. The molecule has 96 valence electrons. The number of fused-ring (bicyclic) bond motifs is 1. The van der Waals surface area contributed by atoms with Gasteiger partial charge in [0.25, 0.3) is 0 Å². The first-order valence-corrected chi connectivity index (χ1v) is 5.71. The summed E-state index contributed by atoms with van der Waals surface area (Å²) in [4.78, 5) is 25.1. The van der Waals surface area contributed by atoms with Gasteiger partial charge in [0.15, 0.2) is 5.58 Å². The number of H-pyrrole nitrogens is 1. The minimum Gasteiger partial charge on any atom is -0.408 e. The van der Waals surface area contributed by atoms with Crippen molar-refractivity contribution in [2.75, 3.05) is 11.9 Å². The Hall–Kier alpha value is -2.08. The van der Waals surface area contributed by atoms with E-state index in [9.17, 15) is 9.59 Å². The van der Waals surface area contributed by atoms with Crippen molar-refractivity contribution >= 4 is 22.7 Å². The fourth-order valence-electron chi connectivity index (χ4n) is 1.53. The Labute approximate surface area is 103 Å².